The molecule has 2 fully saturated rings. The third kappa shape index (κ3) is 1.98. The van der Waals surface area contributed by atoms with Crippen molar-refractivity contribution in [3.05, 3.63) is 29.8 Å². The number of benzene rings is 1. The fraction of sp³-hybridized carbons (Fsp3) is 0.588. The van der Waals surface area contributed by atoms with E-state index >= 15 is 0 Å². The summed E-state index contributed by atoms with van der Waals surface area (Å²) in [5, 5.41) is 0. The summed E-state index contributed by atoms with van der Waals surface area (Å²) >= 11 is 0. The van der Waals surface area contributed by atoms with Crippen LogP contribution in [0.25, 0.3) is 0 Å². The molecule has 1 aliphatic heterocycles. The van der Waals surface area contributed by atoms with Crippen LogP contribution in [0.5, 0.6) is 5.75 Å². The zero-order valence-electron chi connectivity index (χ0n) is 11.2. The molecule has 2 atom stereocenters. The van der Waals surface area contributed by atoms with Gasteiger partial charge in [-0.15, -0.1) is 0 Å². The number of hydrogen-bond donors (Lipinski definition) is 0. The van der Waals surface area contributed by atoms with Crippen molar-refractivity contribution in [1.82, 2.24) is 0 Å². The minimum atomic E-state index is -0.184. The number of ether oxygens (including phenoxy) is 1. The molecule has 2 aliphatic carbocycles. The maximum Gasteiger partial charge on any atom is 0.170 e. The van der Waals surface area contributed by atoms with Crippen molar-refractivity contribution in [2.24, 2.45) is 11.8 Å². The summed E-state index contributed by atoms with van der Waals surface area (Å²) in [6.07, 6.45) is 8.08. The Kier molecular flexibility index (Phi) is 2.48. The second-order valence-electron chi connectivity index (χ2n) is 6.58. The lowest BCUT2D eigenvalue weighted by Crippen LogP contribution is -2.46. The maximum atomic E-state index is 12.4. The molecule has 19 heavy (non-hydrogen) atoms. The van der Waals surface area contributed by atoms with Gasteiger partial charge < -0.3 is 4.74 Å². The Morgan fingerprint density at radius 2 is 1.95 bits per heavy atom. The highest BCUT2D eigenvalue weighted by molar-refractivity contribution is 6.00. The summed E-state index contributed by atoms with van der Waals surface area (Å²) in [6, 6.07) is 7.74. The van der Waals surface area contributed by atoms with Crippen LogP contribution in [0.15, 0.2) is 24.3 Å². The van der Waals surface area contributed by atoms with Gasteiger partial charge in [-0.2, -0.15) is 0 Å². The predicted molar refractivity (Wildman–Crippen MR) is 73.4 cm³/mol. The summed E-state index contributed by atoms with van der Waals surface area (Å²) in [7, 11) is 0. The van der Waals surface area contributed by atoms with Gasteiger partial charge in [0, 0.05) is 0 Å². The van der Waals surface area contributed by atoms with Gasteiger partial charge in [0.05, 0.1) is 12.0 Å². The van der Waals surface area contributed by atoms with Crippen LogP contribution in [-0.2, 0) is 0 Å². The van der Waals surface area contributed by atoms with Gasteiger partial charge in [-0.25, -0.2) is 0 Å². The van der Waals surface area contributed by atoms with E-state index < -0.39 is 0 Å². The highest BCUT2D eigenvalue weighted by Crippen LogP contribution is 2.50. The van der Waals surface area contributed by atoms with Crippen LogP contribution < -0.4 is 4.74 Å². The number of fused-ring (bicyclic) bond motifs is 1. The first kappa shape index (κ1) is 11.5. The Labute approximate surface area is 114 Å². The molecule has 0 N–H and O–H groups in total. The fourth-order valence-corrected chi connectivity index (χ4v) is 4.03. The summed E-state index contributed by atoms with van der Waals surface area (Å²) in [6.45, 7) is 0. The zero-order valence-corrected chi connectivity index (χ0v) is 11.2. The van der Waals surface area contributed by atoms with Gasteiger partial charge in [0.25, 0.3) is 0 Å². The zero-order chi connectivity index (χ0) is 12.9. The number of carbonyl (C=O) groups excluding carboxylic acids is 1. The lowest BCUT2D eigenvalue weighted by molar-refractivity contribution is -0.00739. The van der Waals surface area contributed by atoms with E-state index in [-0.39, 0.29) is 11.4 Å². The smallest absolute Gasteiger partial charge is 0.170 e. The number of carbonyl (C=O) groups is 1. The molecule has 1 aromatic carbocycles. The largest absolute Gasteiger partial charge is 0.486 e. The number of hydrogen-bond acceptors (Lipinski definition) is 2. The molecule has 1 aromatic rings. The monoisotopic (exact) mass is 256 g/mol. The second kappa shape index (κ2) is 4.09. The minimum Gasteiger partial charge on any atom is -0.486 e. The van der Waals surface area contributed by atoms with E-state index in [0.29, 0.717) is 6.42 Å². The molecule has 0 aromatic heterocycles. The maximum absolute atomic E-state index is 12.4. The van der Waals surface area contributed by atoms with Crippen molar-refractivity contribution in [1.29, 1.82) is 0 Å². The van der Waals surface area contributed by atoms with Crippen LogP contribution in [0.4, 0.5) is 0 Å². The number of rotatable bonds is 1. The average molecular weight is 256 g/mol. The van der Waals surface area contributed by atoms with Crippen LogP contribution in [0.1, 0.15) is 55.3 Å². The van der Waals surface area contributed by atoms with E-state index in [1.54, 1.807) is 0 Å². The van der Waals surface area contributed by atoms with Crippen molar-refractivity contribution < 1.29 is 9.53 Å². The first-order valence-corrected chi connectivity index (χ1v) is 7.57. The predicted octanol–water partition coefficient (Wildman–Crippen LogP) is 3.99. The van der Waals surface area contributed by atoms with Gasteiger partial charge in [-0.3, -0.25) is 4.79 Å². The quantitative estimate of drug-likeness (QED) is 0.759. The van der Waals surface area contributed by atoms with Crippen molar-refractivity contribution in [2.45, 2.75) is 50.5 Å². The normalized spacial score (nSPS) is 33.9. The Bertz CT molecular complexity index is 518. The molecule has 1 heterocycles. The van der Waals surface area contributed by atoms with E-state index in [1.807, 2.05) is 24.3 Å². The van der Waals surface area contributed by atoms with Gasteiger partial charge in [-0.1, -0.05) is 12.1 Å². The van der Waals surface area contributed by atoms with Gasteiger partial charge in [0.15, 0.2) is 5.78 Å². The van der Waals surface area contributed by atoms with Crippen LogP contribution in [0.3, 0.4) is 0 Å². The van der Waals surface area contributed by atoms with E-state index in [9.17, 15) is 4.79 Å². The molecule has 2 unspecified atom stereocenters. The number of para-hydroxylation sites is 1. The van der Waals surface area contributed by atoms with Crippen molar-refractivity contribution >= 4 is 5.78 Å². The summed E-state index contributed by atoms with van der Waals surface area (Å²) in [5.74, 6) is 2.81. The molecule has 1 spiro atoms. The summed E-state index contributed by atoms with van der Waals surface area (Å²) in [4.78, 5) is 12.4. The molecule has 2 saturated carbocycles. The summed E-state index contributed by atoms with van der Waals surface area (Å²) < 4.78 is 6.32. The Morgan fingerprint density at radius 3 is 2.79 bits per heavy atom. The van der Waals surface area contributed by atoms with E-state index in [1.165, 1.54) is 25.7 Å². The topological polar surface area (TPSA) is 26.3 Å². The van der Waals surface area contributed by atoms with Crippen LogP contribution >= 0.6 is 0 Å². The highest BCUT2D eigenvalue weighted by Gasteiger charge is 2.47. The molecule has 4 rings (SSSR count). The third-order valence-corrected chi connectivity index (χ3v) is 5.13. The molecular weight excluding hydrogens is 236 g/mol. The Balaban J connectivity index is 1.63. The number of ketones is 1. The minimum absolute atomic E-state index is 0.184. The van der Waals surface area contributed by atoms with E-state index in [4.69, 9.17) is 4.74 Å². The average Bonchev–Trinajstić information content (AvgIpc) is 3.23. The SMILES string of the molecule is O=C1CC2(CCCC(C3CC3)C2)Oc2ccccc21. The molecule has 2 nitrogen and oxygen atoms in total. The van der Waals surface area contributed by atoms with Gasteiger partial charge >= 0.3 is 0 Å². The Hall–Kier alpha value is -1.31. The first-order valence-electron chi connectivity index (χ1n) is 7.57. The summed E-state index contributed by atoms with van der Waals surface area (Å²) in [5.41, 5.74) is 0.596. The van der Waals surface area contributed by atoms with Crippen LogP contribution in [-0.4, -0.2) is 11.4 Å². The lowest BCUT2D eigenvalue weighted by Gasteiger charge is -2.43. The number of Topliss-reactive ketones (excluding diaryl/α,β-unsaturated/α-hetero) is 1. The first-order chi connectivity index (χ1) is 9.26. The van der Waals surface area contributed by atoms with Crippen LogP contribution in [0, 0.1) is 11.8 Å². The lowest BCUT2D eigenvalue weighted by atomic mass is 9.72. The molecule has 3 aliphatic rings. The molecule has 0 amide bonds. The van der Waals surface area contributed by atoms with Gasteiger partial charge in [-0.05, 0) is 62.5 Å². The molecule has 2 heteroatoms. The third-order valence-electron chi connectivity index (χ3n) is 5.13. The van der Waals surface area contributed by atoms with Crippen molar-refractivity contribution in [3.63, 3.8) is 0 Å². The van der Waals surface area contributed by atoms with E-state index in [2.05, 4.69) is 0 Å². The molecule has 0 saturated heterocycles. The molecule has 0 radical (unpaired) electrons. The van der Waals surface area contributed by atoms with Crippen molar-refractivity contribution in [2.75, 3.05) is 0 Å². The second-order valence-corrected chi connectivity index (χ2v) is 6.58. The van der Waals surface area contributed by atoms with E-state index in [0.717, 1.165) is 36.0 Å². The van der Waals surface area contributed by atoms with Crippen LogP contribution in [0.2, 0.25) is 0 Å². The van der Waals surface area contributed by atoms with Gasteiger partial charge in [0.1, 0.15) is 11.4 Å². The molecular formula is C17H20O2. The van der Waals surface area contributed by atoms with Gasteiger partial charge in [0.2, 0.25) is 0 Å². The fourth-order valence-electron chi connectivity index (χ4n) is 4.03. The highest BCUT2D eigenvalue weighted by atomic mass is 16.5. The Morgan fingerprint density at radius 1 is 1.11 bits per heavy atom. The molecule has 0 bridgehead atoms. The standard InChI is InChI=1S/C17H20O2/c18-15-11-17(19-16-6-2-1-5-14(15)16)9-3-4-13(10-17)12-7-8-12/h1-2,5-6,12-13H,3-4,7-11H2. The molecule has 100 valence electrons. The van der Waals surface area contributed by atoms with Crippen molar-refractivity contribution in [3.8, 4) is 5.75 Å².